The number of hydrogen-bond acceptors (Lipinski definition) is 6. The fraction of sp³-hybridized carbons (Fsp3) is 0.154. The van der Waals surface area contributed by atoms with Gasteiger partial charge in [-0.1, -0.05) is 5.16 Å². The Bertz CT molecular complexity index is 619. The van der Waals surface area contributed by atoms with Crippen LogP contribution >= 0.6 is 0 Å². The van der Waals surface area contributed by atoms with Gasteiger partial charge >= 0.3 is 5.97 Å². The zero-order valence-electron chi connectivity index (χ0n) is 10.8. The van der Waals surface area contributed by atoms with Gasteiger partial charge in [0.1, 0.15) is 5.75 Å². The summed E-state index contributed by atoms with van der Waals surface area (Å²) in [4.78, 5) is 22.7. The highest BCUT2D eigenvalue weighted by molar-refractivity contribution is 6.03. The minimum Gasteiger partial charge on any atom is -0.427 e. The SMILES string of the molecule is CC(=O)Oc1ccc(C(=O)Nc2cc(CN)on2)cc1. The Morgan fingerprint density at radius 1 is 1.35 bits per heavy atom. The van der Waals surface area contributed by atoms with Crippen molar-refractivity contribution in [3.8, 4) is 5.75 Å². The van der Waals surface area contributed by atoms with E-state index in [2.05, 4.69) is 10.5 Å². The van der Waals surface area contributed by atoms with Crippen molar-refractivity contribution in [2.24, 2.45) is 5.73 Å². The van der Waals surface area contributed by atoms with Crippen LogP contribution in [0.4, 0.5) is 5.82 Å². The van der Waals surface area contributed by atoms with Crippen LogP contribution in [0.25, 0.3) is 0 Å². The van der Waals surface area contributed by atoms with Crippen LogP contribution in [-0.4, -0.2) is 17.0 Å². The second-order valence-corrected chi connectivity index (χ2v) is 3.95. The largest absolute Gasteiger partial charge is 0.427 e. The van der Waals surface area contributed by atoms with Gasteiger partial charge in [0.05, 0.1) is 6.54 Å². The molecule has 2 aromatic rings. The van der Waals surface area contributed by atoms with Crippen LogP contribution in [0.15, 0.2) is 34.9 Å². The first-order chi connectivity index (χ1) is 9.58. The van der Waals surface area contributed by atoms with Crippen LogP contribution in [0, 0.1) is 0 Å². The first-order valence-electron chi connectivity index (χ1n) is 5.84. The molecule has 3 N–H and O–H groups in total. The van der Waals surface area contributed by atoms with E-state index in [9.17, 15) is 9.59 Å². The molecular weight excluding hydrogens is 262 g/mol. The Hall–Kier alpha value is -2.67. The minimum absolute atomic E-state index is 0.208. The van der Waals surface area contributed by atoms with Gasteiger partial charge in [0.2, 0.25) is 0 Å². The molecule has 1 amide bonds. The van der Waals surface area contributed by atoms with Crippen molar-refractivity contribution in [2.45, 2.75) is 13.5 Å². The van der Waals surface area contributed by atoms with Crippen molar-refractivity contribution in [1.29, 1.82) is 0 Å². The Morgan fingerprint density at radius 2 is 2.05 bits per heavy atom. The van der Waals surface area contributed by atoms with Crippen molar-refractivity contribution in [3.05, 3.63) is 41.7 Å². The molecule has 0 aliphatic rings. The summed E-state index contributed by atoms with van der Waals surface area (Å²) in [6, 6.07) is 7.69. The molecule has 0 aliphatic heterocycles. The molecule has 7 nitrogen and oxygen atoms in total. The van der Waals surface area contributed by atoms with Crippen molar-refractivity contribution in [3.63, 3.8) is 0 Å². The van der Waals surface area contributed by atoms with E-state index >= 15 is 0 Å². The van der Waals surface area contributed by atoms with Crippen LogP contribution in [0.3, 0.4) is 0 Å². The molecule has 1 aromatic carbocycles. The van der Waals surface area contributed by atoms with Crippen LogP contribution in [-0.2, 0) is 11.3 Å². The van der Waals surface area contributed by atoms with E-state index in [1.807, 2.05) is 0 Å². The number of nitrogens with one attached hydrogen (secondary N) is 1. The third-order valence-corrected chi connectivity index (χ3v) is 2.38. The van der Waals surface area contributed by atoms with Crippen molar-refractivity contribution >= 4 is 17.7 Å². The lowest BCUT2D eigenvalue weighted by Crippen LogP contribution is -2.12. The number of ether oxygens (including phenoxy) is 1. The van der Waals surface area contributed by atoms with E-state index in [4.69, 9.17) is 15.0 Å². The summed E-state index contributed by atoms with van der Waals surface area (Å²) >= 11 is 0. The third kappa shape index (κ3) is 3.42. The molecule has 1 aromatic heterocycles. The first-order valence-corrected chi connectivity index (χ1v) is 5.84. The number of carbonyl (C=O) groups is 2. The molecule has 20 heavy (non-hydrogen) atoms. The lowest BCUT2D eigenvalue weighted by Gasteiger charge is -2.03. The number of rotatable bonds is 4. The minimum atomic E-state index is -0.417. The summed E-state index contributed by atoms with van der Waals surface area (Å²) in [6.45, 7) is 1.51. The number of anilines is 1. The van der Waals surface area contributed by atoms with Gasteiger partial charge in [-0.25, -0.2) is 0 Å². The van der Waals surface area contributed by atoms with E-state index in [1.165, 1.54) is 31.2 Å². The highest BCUT2D eigenvalue weighted by atomic mass is 16.5. The highest BCUT2D eigenvalue weighted by Crippen LogP contribution is 2.14. The molecule has 104 valence electrons. The van der Waals surface area contributed by atoms with Gasteiger partial charge in [-0.3, -0.25) is 9.59 Å². The van der Waals surface area contributed by atoms with E-state index in [-0.39, 0.29) is 12.5 Å². The van der Waals surface area contributed by atoms with Crippen molar-refractivity contribution < 1.29 is 18.8 Å². The lowest BCUT2D eigenvalue weighted by atomic mass is 10.2. The van der Waals surface area contributed by atoms with Crippen LogP contribution in [0.2, 0.25) is 0 Å². The Labute approximate surface area is 114 Å². The summed E-state index contributed by atoms with van der Waals surface area (Å²) < 4.78 is 9.74. The second-order valence-electron chi connectivity index (χ2n) is 3.95. The standard InChI is InChI=1S/C13H13N3O4/c1-8(17)19-10-4-2-9(3-5-10)13(18)15-12-6-11(7-14)20-16-12/h2-6H,7,14H2,1H3,(H,15,16,18). The number of nitrogens with zero attached hydrogens (tertiary/aromatic N) is 1. The molecule has 0 fully saturated rings. The first kappa shape index (κ1) is 13.8. The summed E-state index contributed by atoms with van der Waals surface area (Å²) in [5, 5.41) is 6.22. The molecule has 0 atom stereocenters. The second kappa shape index (κ2) is 5.98. The molecule has 0 saturated carbocycles. The number of benzene rings is 1. The quantitative estimate of drug-likeness (QED) is 0.643. The predicted molar refractivity (Wildman–Crippen MR) is 70.1 cm³/mol. The molecule has 0 aliphatic carbocycles. The summed E-state index contributed by atoms with van der Waals surface area (Å²) in [5.41, 5.74) is 5.77. The van der Waals surface area contributed by atoms with Gasteiger partial charge in [-0.05, 0) is 24.3 Å². The molecule has 0 radical (unpaired) electrons. The smallest absolute Gasteiger partial charge is 0.308 e. The third-order valence-electron chi connectivity index (χ3n) is 2.38. The fourth-order valence-corrected chi connectivity index (χ4v) is 1.50. The average molecular weight is 275 g/mol. The van der Waals surface area contributed by atoms with Gasteiger partial charge in [0, 0.05) is 18.6 Å². The maximum atomic E-state index is 11.9. The molecule has 7 heteroatoms. The van der Waals surface area contributed by atoms with Crippen molar-refractivity contribution in [2.75, 3.05) is 5.32 Å². The number of nitrogens with two attached hydrogens (primary N) is 1. The Morgan fingerprint density at radius 3 is 2.60 bits per heavy atom. The summed E-state index contributed by atoms with van der Waals surface area (Å²) in [5.74, 6) is 0.376. The van der Waals surface area contributed by atoms with Gasteiger partial charge in [-0.2, -0.15) is 0 Å². The zero-order valence-corrected chi connectivity index (χ0v) is 10.8. The van der Waals surface area contributed by atoms with E-state index in [0.717, 1.165) is 0 Å². The topological polar surface area (TPSA) is 107 Å². The molecule has 0 bridgehead atoms. The average Bonchev–Trinajstić information content (AvgIpc) is 2.86. The number of hydrogen-bond donors (Lipinski definition) is 2. The number of aromatic nitrogens is 1. The van der Waals surface area contributed by atoms with E-state index in [0.29, 0.717) is 22.9 Å². The van der Waals surface area contributed by atoms with Crippen LogP contribution in [0.5, 0.6) is 5.75 Å². The van der Waals surface area contributed by atoms with E-state index < -0.39 is 5.97 Å². The normalized spacial score (nSPS) is 10.1. The highest BCUT2D eigenvalue weighted by Gasteiger charge is 2.10. The Balaban J connectivity index is 2.03. The van der Waals surface area contributed by atoms with Crippen molar-refractivity contribution in [1.82, 2.24) is 5.16 Å². The molecule has 0 saturated heterocycles. The molecule has 2 rings (SSSR count). The van der Waals surface area contributed by atoms with Gasteiger partial charge in [-0.15, -0.1) is 0 Å². The number of amides is 1. The monoisotopic (exact) mass is 275 g/mol. The zero-order chi connectivity index (χ0) is 14.5. The van der Waals surface area contributed by atoms with Crippen LogP contribution in [0.1, 0.15) is 23.0 Å². The maximum absolute atomic E-state index is 11.9. The molecule has 1 heterocycles. The molecule has 0 unspecified atom stereocenters. The summed E-state index contributed by atoms with van der Waals surface area (Å²) in [7, 11) is 0. The molecular formula is C13H13N3O4. The van der Waals surface area contributed by atoms with Gasteiger partial charge in [0.25, 0.3) is 5.91 Å². The van der Waals surface area contributed by atoms with Gasteiger partial charge < -0.3 is 20.3 Å². The Kier molecular flexibility index (Phi) is 4.11. The number of carbonyl (C=O) groups excluding carboxylic acids is 2. The van der Waals surface area contributed by atoms with Gasteiger partial charge in [0.15, 0.2) is 11.6 Å². The van der Waals surface area contributed by atoms with E-state index in [1.54, 1.807) is 6.07 Å². The fourth-order valence-electron chi connectivity index (χ4n) is 1.50. The summed E-state index contributed by atoms with van der Waals surface area (Å²) in [6.07, 6.45) is 0. The lowest BCUT2D eigenvalue weighted by molar-refractivity contribution is -0.131. The van der Waals surface area contributed by atoms with Crippen LogP contribution < -0.4 is 15.8 Å². The maximum Gasteiger partial charge on any atom is 0.308 e. The molecule has 0 spiro atoms. The number of esters is 1. The predicted octanol–water partition coefficient (Wildman–Crippen LogP) is 1.31.